The number of imide groups is 1. The molecule has 0 radical (unpaired) electrons. The fourth-order valence-corrected chi connectivity index (χ4v) is 3.09. The second kappa shape index (κ2) is 5.55. The number of carbonyl (C=O) groups excluding carboxylic acids is 2. The number of rotatable bonds is 4. The Hall–Kier alpha value is -1.64. The van der Waals surface area contributed by atoms with E-state index in [4.69, 9.17) is 0 Å². The Labute approximate surface area is 114 Å². The van der Waals surface area contributed by atoms with Gasteiger partial charge in [0, 0.05) is 12.3 Å². The zero-order valence-electron chi connectivity index (χ0n) is 11.6. The Kier molecular flexibility index (Phi) is 4.03. The predicted molar refractivity (Wildman–Crippen MR) is 74.4 cm³/mol. The molecule has 0 spiro atoms. The fourth-order valence-electron chi connectivity index (χ4n) is 3.09. The summed E-state index contributed by atoms with van der Waals surface area (Å²) >= 11 is 0. The van der Waals surface area contributed by atoms with E-state index < -0.39 is 0 Å². The maximum absolute atomic E-state index is 11.9. The van der Waals surface area contributed by atoms with E-state index in [9.17, 15) is 9.59 Å². The van der Waals surface area contributed by atoms with Crippen LogP contribution in [0, 0.1) is 11.3 Å². The monoisotopic (exact) mass is 259 g/mol. The van der Waals surface area contributed by atoms with Crippen molar-refractivity contribution in [2.45, 2.75) is 39.5 Å². The van der Waals surface area contributed by atoms with Gasteiger partial charge in [-0.3, -0.25) is 14.9 Å². The minimum Gasteiger partial charge on any atom is -0.296 e. The van der Waals surface area contributed by atoms with E-state index in [1.807, 2.05) is 25.1 Å². The molecule has 1 aromatic carbocycles. The molecule has 3 heteroatoms. The number of nitrogens with one attached hydrogen (secondary N) is 1. The lowest BCUT2D eigenvalue weighted by atomic mass is 9.67. The molecule has 0 saturated carbocycles. The topological polar surface area (TPSA) is 46.2 Å². The summed E-state index contributed by atoms with van der Waals surface area (Å²) in [5.41, 5.74) is 1.04. The highest BCUT2D eigenvalue weighted by Gasteiger charge is 2.43. The number of piperidine rings is 1. The average molecular weight is 259 g/mol. The van der Waals surface area contributed by atoms with Gasteiger partial charge in [-0.25, -0.2) is 0 Å². The molecular formula is C16H21NO2. The van der Waals surface area contributed by atoms with Crippen molar-refractivity contribution in [2.24, 2.45) is 11.3 Å². The summed E-state index contributed by atoms with van der Waals surface area (Å²) in [7, 11) is 0. The smallest absolute Gasteiger partial charge is 0.230 e. The molecule has 1 saturated heterocycles. The van der Waals surface area contributed by atoms with E-state index in [0.29, 0.717) is 6.42 Å². The number of benzene rings is 1. The molecule has 0 aliphatic carbocycles. The third-order valence-electron chi connectivity index (χ3n) is 4.22. The maximum atomic E-state index is 11.9. The van der Waals surface area contributed by atoms with E-state index in [1.54, 1.807) is 0 Å². The molecule has 1 fully saturated rings. The normalized spacial score (nSPS) is 27.2. The van der Waals surface area contributed by atoms with Gasteiger partial charge in [0.15, 0.2) is 0 Å². The second-order valence-corrected chi connectivity index (χ2v) is 5.69. The minimum atomic E-state index is -0.218. The Morgan fingerprint density at radius 3 is 2.58 bits per heavy atom. The highest BCUT2D eigenvalue weighted by Crippen LogP contribution is 2.40. The molecule has 1 aliphatic rings. The molecule has 1 aliphatic heterocycles. The quantitative estimate of drug-likeness (QED) is 0.845. The van der Waals surface area contributed by atoms with Crippen LogP contribution in [-0.2, 0) is 16.0 Å². The highest BCUT2D eigenvalue weighted by molar-refractivity contribution is 5.99. The van der Waals surface area contributed by atoms with Crippen molar-refractivity contribution in [1.82, 2.24) is 5.32 Å². The molecule has 102 valence electrons. The van der Waals surface area contributed by atoms with Crippen LogP contribution in [0.2, 0.25) is 0 Å². The van der Waals surface area contributed by atoms with E-state index in [-0.39, 0.29) is 23.1 Å². The first kappa shape index (κ1) is 13.8. The lowest BCUT2D eigenvalue weighted by Crippen LogP contribution is -2.50. The Balaban J connectivity index is 2.10. The lowest BCUT2D eigenvalue weighted by Gasteiger charge is -2.39. The van der Waals surface area contributed by atoms with Crippen LogP contribution in [-0.4, -0.2) is 11.8 Å². The SMILES string of the molecule is CCC1C(=O)NC(=O)CC1(C)CCc1ccccc1. The number of amides is 2. The Morgan fingerprint density at radius 1 is 1.26 bits per heavy atom. The fraction of sp³-hybridized carbons (Fsp3) is 0.500. The number of aryl methyl sites for hydroxylation is 1. The zero-order chi connectivity index (χ0) is 13.9. The van der Waals surface area contributed by atoms with E-state index in [2.05, 4.69) is 24.4 Å². The van der Waals surface area contributed by atoms with Crippen molar-refractivity contribution < 1.29 is 9.59 Å². The average Bonchev–Trinajstić information content (AvgIpc) is 2.37. The van der Waals surface area contributed by atoms with Gasteiger partial charge >= 0.3 is 0 Å². The second-order valence-electron chi connectivity index (χ2n) is 5.69. The molecule has 1 aromatic rings. The van der Waals surface area contributed by atoms with Crippen molar-refractivity contribution >= 4 is 11.8 Å². The van der Waals surface area contributed by atoms with Gasteiger partial charge in [0.1, 0.15) is 0 Å². The molecule has 2 amide bonds. The molecular weight excluding hydrogens is 238 g/mol. The highest BCUT2D eigenvalue weighted by atomic mass is 16.2. The summed E-state index contributed by atoms with van der Waals surface area (Å²) in [5, 5.41) is 2.46. The molecule has 3 nitrogen and oxygen atoms in total. The van der Waals surface area contributed by atoms with Gasteiger partial charge in [-0.1, -0.05) is 44.2 Å². The van der Waals surface area contributed by atoms with E-state index in [1.165, 1.54) is 5.56 Å². The third-order valence-corrected chi connectivity index (χ3v) is 4.22. The van der Waals surface area contributed by atoms with Crippen molar-refractivity contribution in [3.05, 3.63) is 35.9 Å². The number of carbonyl (C=O) groups is 2. The van der Waals surface area contributed by atoms with Crippen LogP contribution in [0.25, 0.3) is 0 Å². The molecule has 2 atom stereocenters. The first-order valence-corrected chi connectivity index (χ1v) is 6.93. The molecule has 1 heterocycles. The molecule has 2 unspecified atom stereocenters. The van der Waals surface area contributed by atoms with E-state index >= 15 is 0 Å². The van der Waals surface area contributed by atoms with Gasteiger partial charge < -0.3 is 0 Å². The van der Waals surface area contributed by atoms with E-state index in [0.717, 1.165) is 19.3 Å². The molecule has 2 rings (SSSR count). The molecule has 1 N–H and O–H groups in total. The zero-order valence-corrected chi connectivity index (χ0v) is 11.6. The number of hydrogen-bond donors (Lipinski definition) is 1. The Morgan fingerprint density at radius 2 is 1.95 bits per heavy atom. The van der Waals surface area contributed by atoms with Gasteiger partial charge in [-0.2, -0.15) is 0 Å². The van der Waals surface area contributed by atoms with Crippen molar-refractivity contribution in [1.29, 1.82) is 0 Å². The molecule has 0 bridgehead atoms. The first-order chi connectivity index (χ1) is 9.05. The van der Waals surface area contributed by atoms with Crippen molar-refractivity contribution in [2.75, 3.05) is 0 Å². The number of hydrogen-bond acceptors (Lipinski definition) is 2. The van der Waals surface area contributed by atoms with Gasteiger partial charge in [0.2, 0.25) is 11.8 Å². The van der Waals surface area contributed by atoms with Crippen LogP contribution < -0.4 is 5.32 Å². The summed E-state index contributed by atoms with van der Waals surface area (Å²) in [6, 6.07) is 10.2. The van der Waals surface area contributed by atoms with Crippen LogP contribution in [0.5, 0.6) is 0 Å². The van der Waals surface area contributed by atoms with Crippen LogP contribution in [0.4, 0.5) is 0 Å². The first-order valence-electron chi connectivity index (χ1n) is 6.93. The van der Waals surface area contributed by atoms with Gasteiger partial charge in [-0.05, 0) is 30.2 Å². The predicted octanol–water partition coefficient (Wildman–Crippen LogP) is 2.70. The van der Waals surface area contributed by atoms with Crippen LogP contribution in [0.15, 0.2) is 30.3 Å². The molecule has 0 aromatic heterocycles. The van der Waals surface area contributed by atoms with Crippen LogP contribution in [0.3, 0.4) is 0 Å². The van der Waals surface area contributed by atoms with Crippen LogP contribution in [0.1, 0.15) is 38.7 Å². The third kappa shape index (κ3) is 3.03. The summed E-state index contributed by atoms with van der Waals surface area (Å²) in [6.45, 7) is 4.08. The maximum Gasteiger partial charge on any atom is 0.230 e. The summed E-state index contributed by atoms with van der Waals surface area (Å²) in [4.78, 5) is 23.6. The van der Waals surface area contributed by atoms with Gasteiger partial charge in [0.25, 0.3) is 0 Å². The van der Waals surface area contributed by atoms with Gasteiger partial charge in [0.05, 0.1) is 0 Å². The minimum absolute atomic E-state index is 0.0612. The standard InChI is InChI=1S/C16H21NO2/c1-3-13-15(19)17-14(18)11-16(13,2)10-9-12-7-5-4-6-8-12/h4-8,13H,3,9-11H2,1-2H3,(H,17,18,19). The van der Waals surface area contributed by atoms with Gasteiger partial charge in [-0.15, -0.1) is 0 Å². The Bertz CT molecular complexity index is 469. The van der Waals surface area contributed by atoms with Crippen molar-refractivity contribution in [3.8, 4) is 0 Å². The van der Waals surface area contributed by atoms with Crippen LogP contribution >= 0.6 is 0 Å². The summed E-state index contributed by atoms with van der Waals surface area (Å²) in [6.07, 6.45) is 3.01. The molecule has 19 heavy (non-hydrogen) atoms. The summed E-state index contributed by atoms with van der Waals surface area (Å²) in [5.74, 6) is -0.298. The largest absolute Gasteiger partial charge is 0.296 e. The van der Waals surface area contributed by atoms with Crippen molar-refractivity contribution in [3.63, 3.8) is 0 Å². The lowest BCUT2D eigenvalue weighted by molar-refractivity contribution is -0.143. The summed E-state index contributed by atoms with van der Waals surface area (Å²) < 4.78 is 0.